The van der Waals surface area contributed by atoms with Gasteiger partial charge in [0.25, 0.3) is 5.91 Å². The first-order chi connectivity index (χ1) is 6.34. The number of nitrogens with one attached hydrogen (secondary N) is 2. The summed E-state index contributed by atoms with van der Waals surface area (Å²) < 4.78 is 0. The average Bonchev–Trinajstić information content (AvgIpc) is 2.65. The third-order valence-corrected chi connectivity index (χ3v) is 1.80. The number of amides is 1. The molecule has 1 amide bonds. The highest BCUT2D eigenvalue weighted by Gasteiger charge is 2.04. The van der Waals surface area contributed by atoms with Crippen LogP contribution in [0, 0.1) is 0 Å². The number of carbonyl (C=O) groups excluding carboxylic acids is 1. The van der Waals surface area contributed by atoms with E-state index >= 15 is 0 Å². The van der Waals surface area contributed by atoms with Gasteiger partial charge in [0.2, 0.25) is 0 Å². The fourth-order valence-electron chi connectivity index (χ4n) is 1.05. The first kappa shape index (κ1) is 9.77. The summed E-state index contributed by atoms with van der Waals surface area (Å²) in [7, 11) is 0. The van der Waals surface area contributed by atoms with Crippen LogP contribution in [0.4, 0.5) is 0 Å². The van der Waals surface area contributed by atoms with Crippen LogP contribution in [0.15, 0.2) is 12.3 Å². The van der Waals surface area contributed by atoms with Gasteiger partial charge in [-0.15, -0.1) is 0 Å². The second-order valence-corrected chi connectivity index (χ2v) is 2.92. The second-order valence-electron chi connectivity index (χ2n) is 2.92. The minimum Gasteiger partial charge on any atom is -0.351 e. The smallest absolute Gasteiger partial charge is 0.271 e. The lowest BCUT2D eigenvalue weighted by molar-refractivity contribution is 0.0948. The number of H-pyrrole nitrogens is 1. The molecule has 0 bridgehead atoms. The molecule has 0 spiro atoms. The van der Waals surface area contributed by atoms with E-state index in [9.17, 15) is 4.79 Å². The predicted molar refractivity (Wildman–Crippen MR) is 50.4 cm³/mol. The molecule has 0 saturated carbocycles. The molecule has 0 unspecified atom stereocenters. The topological polar surface area (TPSA) is 57.8 Å². The molecule has 1 aromatic heterocycles. The van der Waals surface area contributed by atoms with Crippen LogP contribution in [0.5, 0.6) is 0 Å². The van der Waals surface area contributed by atoms with Gasteiger partial charge in [-0.3, -0.25) is 9.89 Å². The number of nitrogens with zero attached hydrogens (tertiary/aromatic N) is 1. The minimum atomic E-state index is -0.0997. The molecule has 0 radical (unpaired) electrons. The normalized spacial score (nSPS) is 9.92. The van der Waals surface area contributed by atoms with Gasteiger partial charge in [-0.1, -0.05) is 19.8 Å². The molecule has 4 heteroatoms. The summed E-state index contributed by atoms with van der Waals surface area (Å²) in [6.45, 7) is 2.87. The Morgan fingerprint density at radius 1 is 1.62 bits per heavy atom. The molecular weight excluding hydrogens is 166 g/mol. The van der Waals surface area contributed by atoms with Gasteiger partial charge in [-0.05, 0) is 12.5 Å². The quantitative estimate of drug-likeness (QED) is 0.673. The molecule has 72 valence electrons. The largest absolute Gasteiger partial charge is 0.351 e. The van der Waals surface area contributed by atoms with Crippen LogP contribution >= 0.6 is 0 Å². The molecule has 0 aliphatic heterocycles. The van der Waals surface area contributed by atoms with Crippen molar-refractivity contribution in [1.29, 1.82) is 0 Å². The number of aromatic nitrogens is 2. The van der Waals surface area contributed by atoms with E-state index < -0.39 is 0 Å². The van der Waals surface area contributed by atoms with Crippen molar-refractivity contribution in [2.24, 2.45) is 0 Å². The first-order valence-electron chi connectivity index (χ1n) is 4.62. The lowest BCUT2D eigenvalue weighted by atomic mass is 10.2. The highest BCUT2D eigenvalue weighted by molar-refractivity contribution is 5.91. The maximum Gasteiger partial charge on any atom is 0.271 e. The number of aromatic amines is 1. The Bertz CT molecular complexity index is 243. The fraction of sp³-hybridized carbons (Fsp3) is 0.556. The molecule has 13 heavy (non-hydrogen) atoms. The van der Waals surface area contributed by atoms with Gasteiger partial charge < -0.3 is 5.32 Å². The zero-order valence-corrected chi connectivity index (χ0v) is 7.84. The zero-order chi connectivity index (χ0) is 9.52. The molecule has 0 saturated heterocycles. The number of carbonyl (C=O) groups is 1. The van der Waals surface area contributed by atoms with Crippen LogP contribution in [0.25, 0.3) is 0 Å². The molecule has 4 nitrogen and oxygen atoms in total. The van der Waals surface area contributed by atoms with E-state index in [0.29, 0.717) is 5.69 Å². The van der Waals surface area contributed by atoms with Crippen molar-refractivity contribution in [3.63, 3.8) is 0 Å². The molecule has 0 atom stereocenters. The molecule has 0 aliphatic rings. The van der Waals surface area contributed by atoms with E-state index in [1.807, 2.05) is 0 Å². The number of rotatable bonds is 5. The van der Waals surface area contributed by atoms with Crippen molar-refractivity contribution >= 4 is 5.91 Å². The lowest BCUT2D eigenvalue weighted by Gasteiger charge is -2.00. The Hall–Kier alpha value is -1.32. The summed E-state index contributed by atoms with van der Waals surface area (Å²) >= 11 is 0. The maximum absolute atomic E-state index is 11.3. The van der Waals surface area contributed by atoms with E-state index in [-0.39, 0.29) is 5.91 Å². The van der Waals surface area contributed by atoms with Crippen molar-refractivity contribution in [1.82, 2.24) is 15.5 Å². The van der Waals surface area contributed by atoms with Crippen molar-refractivity contribution in [3.8, 4) is 0 Å². The van der Waals surface area contributed by atoms with E-state index in [4.69, 9.17) is 0 Å². The van der Waals surface area contributed by atoms with Gasteiger partial charge in [-0.25, -0.2) is 0 Å². The van der Waals surface area contributed by atoms with E-state index in [2.05, 4.69) is 22.4 Å². The standard InChI is InChI=1S/C9H15N3O/c1-2-3-4-6-10-9(13)8-5-7-11-12-8/h5,7H,2-4,6H2,1H3,(H,10,13)(H,11,12). The Morgan fingerprint density at radius 3 is 3.08 bits per heavy atom. The van der Waals surface area contributed by atoms with Crippen LogP contribution in [-0.2, 0) is 0 Å². The summed E-state index contributed by atoms with van der Waals surface area (Å²) in [4.78, 5) is 11.3. The maximum atomic E-state index is 11.3. The van der Waals surface area contributed by atoms with Crippen LogP contribution in [0.3, 0.4) is 0 Å². The van der Waals surface area contributed by atoms with Gasteiger partial charge >= 0.3 is 0 Å². The van der Waals surface area contributed by atoms with Crippen molar-refractivity contribution in [2.75, 3.05) is 6.54 Å². The minimum absolute atomic E-state index is 0.0997. The van der Waals surface area contributed by atoms with Crippen molar-refractivity contribution in [3.05, 3.63) is 18.0 Å². The predicted octanol–water partition coefficient (Wildman–Crippen LogP) is 1.33. The lowest BCUT2D eigenvalue weighted by Crippen LogP contribution is -2.24. The van der Waals surface area contributed by atoms with E-state index in [1.54, 1.807) is 12.3 Å². The fourth-order valence-corrected chi connectivity index (χ4v) is 1.05. The van der Waals surface area contributed by atoms with E-state index in [1.165, 1.54) is 0 Å². The molecule has 2 N–H and O–H groups in total. The first-order valence-corrected chi connectivity index (χ1v) is 4.62. The van der Waals surface area contributed by atoms with Crippen LogP contribution in [-0.4, -0.2) is 22.6 Å². The summed E-state index contributed by atoms with van der Waals surface area (Å²) in [5.41, 5.74) is 0.455. The SMILES string of the molecule is CCCCCNC(=O)c1cc[nH]n1. The average molecular weight is 181 g/mol. The molecule has 0 aromatic carbocycles. The Kier molecular flexibility index (Phi) is 4.02. The summed E-state index contributed by atoms with van der Waals surface area (Å²) in [6, 6.07) is 1.66. The number of unbranched alkanes of at least 4 members (excludes halogenated alkanes) is 2. The van der Waals surface area contributed by atoms with Crippen molar-refractivity contribution in [2.45, 2.75) is 26.2 Å². The third-order valence-electron chi connectivity index (χ3n) is 1.80. The monoisotopic (exact) mass is 181 g/mol. The van der Waals surface area contributed by atoms with Crippen LogP contribution in [0.1, 0.15) is 36.7 Å². The summed E-state index contributed by atoms with van der Waals surface area (Å²) in [5.74, 6) is -0.0997. The molecule has 1 heterocycles. The highest BCUT2D eigenvalue weighted by Crippen LogP contribution is 1.94. The number of hydrogen-bond donors (Lipinski definition) is 2. The highest BCUT2D eigenvalue weighted by atomic mass is 16.1. The molecule has 1 aromatic rings. The van der Waals surface area contributed by atoms with Crippen LogP contribution < -0.4 is 5.32 Å². The molecule has 0 aliphatic carbocycles. The summed E-state index contributed by atoms with van der Waals surface area (Å²) in [5, 5.41) is 9.18. The van der Waals surface area contributed by atoms with Gasteiger partial charge in [0.1, 0.15) is 5.69 Å². The van der Waals surface area contributed by atoms with E-state index in [0.717, 1.165) is 25.8 Å². The Morgan fingerprint density at radius 2 is 2.46 bits per heavy atom. The van der Waals surface area contributed by atoms with Gasteiger partial charge in [0.15, 0.2) is 0 Å². The van der Waals surface area contributed by atoms with Crippen molar-refractivity contribution < 1.29 is 4.79 Å². The molecule has 0 fully saturated rings. The van der Waals surface area contributed by atoms with Crippen LogP contribution in [0.2, 0.25) is 0 Å². The molecule has 1 rings (SSSR count). The van der Waals surface area contributed by atoms with Gasteiger partial charge in [0.05, 0.1) is 0 Å². The number of hydrogen-bond acceptors (Lipinski definition) is 2. The zero-order valence-electron chi connectivity index (χ0n) is 7.84. The summed E-state index contributed by atoms with van der Waals surface area (Å²) in [6.07, 6.45) is 4.99. The second kappa shape index (κ2) is 5.35. The van der Waals surface area contributed by atoms with Gasteiger partial charge in [0, 0.05) is 12.7 Å². The Labute approximate surface area is 77.7 Å². The van der Waals surface area contributed by atoms with Gasteiger partial charge in [-0.2, -0.15) is 5.10 Å². The molecular formula is C9H15N3O. The Balaban J connectivity index is 2.19. The third kappa shape index (κ3) is 3.27.